The van der Waals surface area contributed by atoms with E-state index in [0.29, 0.717) is 11.1 Å². The normalized spacial score (nSPS) is 14.6. The molecule has 108 valence electrons. The van der Waals surface area contributed by atoms with Gasteiger partial charge in [-0.1, -0.05) is 42.5 Å². The van der Waals surface area contributed by atoms with Gasteiger partial charge in [-0.15, -0.1) is 0 Å². The maximum atomic E-state index is 12.2. The van der Waals surface area contributed by atoms with Gasteiger partial charge < -0.3 is 0 Å². The molecule has 0 radical (unpaired) electrons. The maximum Gasteiger partial charge on any atom is 0.182 e. The van der Waals surface area contributed by atoms with Crippen molar-refractivity contribution in [2.75, 3.05) is 0 Å². The molecule has 0 atom stereocenters. The fraction of sp³-hybridized carbons (Fsp3) is 0.0556. The molecular weight excluding hydrogens is 391 g/mol. The van der Waals surface area contributed by atoms with E-state index in [2.05, 4.69) is 22.6 Å². The molecule has 0 saturated heterocycles. The van der Waals surface area contributed by atoms with E-state index in [4.69, 9.17) is 0 Å². The van der Waals surface area contributed by atoms with Crippen molar-refractivity contribution in [1.29, 1.82) is 0 Å². The highest BCUT2D eigenvalue weighted by atomic mass is 127. The Morgan fingerprint density at radius 3 is 2.00 bits per heavy atom. The third kappa shape index (κ3) is 2.66. The molecule has 2 aromatic rings. The number of halogens is 1. The zero-order valence-electron chi connectivity index (χ0n) is 11.5. The minimum absolute atomic E-state index is 0.341. The van der Waals surface area contributed by atoms with Gasteiger partial charge in [0.15, 0.2) is 17.3 Å². The molecule has 0 heterocycles. The SMILES string of the molecule is O=C(/C=C/c1ccc(I)cc1)C1C(=O)c2ccccc2C1=O. The maximum absolute atomic E-state index is 12.2. The molecule has 3 rings (SSSR count). The van der Waals surface area contributed by atoms with Gasteiger partial charge in [-0.25, -0.2) is 0 Å². The minimum Gasteiger partial charge on any atom is -0.294 e. The van der Waals surface area contributed by atoms with Crippen LogP contribution < -0.4 is 0 Å². The summed E-state index contributed by atoms with van der Waals surface area (Å²) in [6.07, 6.45) is 2.94. The fourth-order valence-electron chi connectivity index (χ4n) is 2.45. The Hall–Kier alpha value is -2.08. The number of rotatable bonds is 3. The van der Waals surface area contributed by atoms with Crippen LogP contribution in [-0.2, 0) is 4.79 Å². The molecule has 0 unspecified atom stereocenters. The average Bonchev–Trinajstić information content (AvgIpc) is 2.79. The van der Waals surface area contributed by atoms with E-state index >= 15 is 0 Å². The van der Waals surface area contributed by atoms with Crippen molar-refractivity contribution >= 4 is 46.0 Å². The Kier molecular flexibility index (Phi) is 4.02. The zero-order valence-corrected chi connectivity index (χ0v) is 13.6. The number of fused-ring (bicyclic) bond motifs is 1. The summed E-state index contributed by atoms with van der Waals surface area (Å²) < 4.78 is 1.10. The molecule has 0 N–H and O–H groups in total. The molecule has 4 heteroatoms. The lowest BCUT2D eigenvalue weighted by Gasteiger charge is -2.01. The van der Waals surface area contributed by atoms with E-state index in [9.17, 15) is 14.4 Å². The Balaban J connectivity index is 1.83. The Morgan fingerprint density at radius 2 is 1.45 bits per heavy atom. The van der Waals surface area contributed by atoms with Gasteiger partial charge in [-0.3, -0.25) is 14.4 Å². The van der Waals surface area contributed by atoms with Crippen molar-refractivity contribution < 1.29 is 14.4 Å². The van der Waals surface area contributed by atoms with Crippen LogP contribution in [0.3, 0.4) is 0 Å². The number of Topliss-reactive ketones (excluding diaryl/α,β-unsaturated/α-hetero) is 2. The predicted molar refractivity (Wildman–Crippen MR) is 91.8 cm³/mol. The van der Waals surface area contributed by atoms with E-state index in [-0.39, 0.29) is 0 Å². The monoisotopic (exact) mass is 402 g/mol. The van der Waals surface area contributed by atoms with Crippen molar-refractivity contribution in [2.45, 2.75) is 0 Å². The number of carbonyl (C=O) groups excluding carboxylic acids is 3. The first-order valence-corrected chi connectivity index (χ1v) is 7.81. The summed E-state index contributed by atoms with van der Waals surface area (Å²) in [6, 6.07) is 14.2. The van der Waals surface area contributed by atoms with Gasteiger partial charge in [0.2, 0.25) is 0 Å². The number of allylic oxidation sites excluding steroid dienone is 1. The van der Waals surface area contributed by atoms with E-state index in [0.717, 1.165) is 9.13 Å². The molecule has 0 spiro atoms. The van der Waals surface area contributed by atoms with Crippen LogP contribution in [0.25, 0.3) is 6.08 Å². The van der Waals surface area contributed by atoms with Crippen LogP contribution in [0.5, 0.6) is 0 Å². The Labute approximate surface area is 141 Å². The molecule has 0 aromatic heterocycles. The molecule has 1 aliphatic rings. The van der Waals surface area contributed by atoms with E-state index < -0.39 is 23.3 Å². The second-order valence-electron chi connectivity index (χ2n) is 4.99. The highest BCUT2D eigenvalue weighted by Gasteiger charge is 2.41. The van der Waals surface area contributed by atoms with Gasteiger partial charge >= 0.3 is 0 Å². The first kappa shape index (κ1) is 14.8. The third-order valence-corrected chi connectivity index (χ3v) is 4.30. The lowest BCUT2D eigenvalue weighted by atomic mass is 9.97. The van der Waals surface area contributed by atoms with Gasteiger partial charge in [0.05, 0.1) is 0 Å². The fourth-order valence-corrected chi connectivity index (χ4v) is 2.81. The topological polar surface area (TPSA) is 51.2 Å². The second kappa shape index (κ2) is 5.96. The van der Waals surface area contributed by atoms with Crippen LogP contribution in [0.1, 0.15) is 26.3 Å². The Morgan fingerprint density at radius 1 is 0.909 bits per heavy atom. The van der Waals surface area contributed by atoms with Crippen molar-refractivity contribution in [3.8, 4) is 0 Å². The highest BCUT2D eigenvalue weighted by molar-refractivity contribution is 14.1. The van der Waals surface area contributed by atoms with Gasteiger partial charge in [0.25, 0.3) is 0 Å². The minimum atomic E-state index is -1.22. The van der Waals surface area contributed by atoms with Crippen LogP contribution in [0.4, 0.5) is 0 Å². The Bertz CT molecular complexity index is 768. The molecule has 0 bridgehead atoms. The third-order valence-electron chi connectivity index (χ3n) is 3.58. The molecule has 3 nitrogen and oxygen atoms in total. The van der Waals surface area contributed by atoms with E-state index in [1.807, 2.05) is 24.3 Å². The summed E-state index contributed by atoms with van der Waals surface area (Å²) >= 11 is 2.19. The summed E-state index contributed by atoms with van der Waals surface area (Å²) in [6.45, 7) is 0. The van der Waals surface area contributed by atoms with Crippen LogP contribution >= 0.6 is 22.6 Å². The standard InChI is InChI=1S/C18H11IO3/c19-12-8-5-11(6-9-12)7-10-15(20)16-17(21)13-3-1-2-4-14(13)18(16)22/h1-10,16H/b10-7+. The summed E-state index contributed by atoms with van der Waals surface area (Å²) in [5, 5.41) is 0. The van der Waals surface area contributed by atoms with Gasteiger partial charge in [0.1, 0.15) is 5.92 Å². The van der Waals surface area contributed by atoms with Crippen molar-refractivity contribution in [3.05, 3.63) is 74.9 Å². The smallest absolute Gasteiger partial charge is 0.182 e. The second-order valence-corrected chi connectivity index (χ2v) is 6.24. The van der Waals surface area contributed by atoms with Crippen LogP contribution in [0.2, 0.25) is 0 Å². The first-order chi connectivity index (χ1) is 10.6. The van der Waals surface area contributed by atoms with E-state index in [1.165, 1.54) is 6.08 Å². The summed E-state index contributed by atoms with van der Waals surface area (Å²) in [5.74, 6) is -2.50. The largest absolute Gasteiger partial charge is 0.294 e. The molecule has 0 saturated carbocycles. The number of hydrogen-bond acceptors (Lipinski definition) is 3. The first-order valence-electron chi connectivity index (χ1n) is 6.73. The molecule has 0 aliphatic heterocycles. The molecule has 1 aliphatic carbocycles. The summed E-state index contributed by atoms with van der Waals surface area (Å²) in [5.41, 5.74) is 1.53. The van der Waals surface area contributed by atoms with Crippen molar-refractivity contribution in [2.24, 2.45) is 5.92 Å². The summed E-state index contributed by atoms with van der Waals surface area (Å²) in [7, 11) is 0. The van der Waals surface area contributed by atoms with Crippen molar-refractivity contribution in [1.82, 2.24) is 0 Å². The number of benzene rings is 2. The summed E-state index contributed by atoms with van der Waals surface area (Å²) in [4.78, 5) is 36.7. The molecule has 2 aromatic carbocycles. The van der Waals surface area contributed by atoms with Gasteiger partial charge in [-0.05, 0) is 46.4 Å². The molecular formula is C18H11IO3. The van der Waals surface area contributed by atoms with Gasteiger partial charge in [0, 0.05) is 14.7 Å². The van der Waals surface area contributed by atoms with Crippen molar-refractivity contribution in [3.63, 3.8) is 0 Å². The molecule has 22 heavy (non-hydrogen) atoms. The molecule has 0 amide bonds. The number of hydrogen-bond donors (Lipinski definition) is 0. The van der Waals surface area contributed by atoms with Crippen LogP contribution in [0, 0.1) is 9.49 Å². The predicted octanol–water partition coefficient (Wildman–Crippen LogP) is 3.57. The average molecular weight is 402 g/mol. The highest BCUT2D eigenvalue weighted by Crippen LogP contribution is 2.27. The van der Waals surface area contributed by atoms with Crippen LogP contribution in [0.15, 0.2) is 54.6 Å². The van der Waals surface area contributed by atoms with Crippen LogP contribution in [-0.4, -0.2) is 17.3 Å². The lowest BCUT2D eigenvalue weighted by Crippen LogP contribution is -2.23. The number of ketones is 3. The quantitative estimate of drug-likeness (QED) is 0.448. The number of carbonyl (C=O) groups is 3. The zero-order chi connectivity index (χ0) is 15.7. The molecule has 0 fully saturated rings. The van der Waals surface area contributed by atoms with Gasteiger partial charge in [-0.2, -0.15) is 0 Å². The lowest BCUT2D eigenvalue weighted by molar-refractivity contribution is -0.115. The van der Waals surface area contributed by atoms with E-state index in [1.54, 1.807) is 30.3 Å².